The molecule has 0 unspecified atom stereocenters. The molecule has 1 amide bonds. The molecule has 2 heterocycles. The van der Waals surface area contributed by atoms with Crippen LogP contribution in [-0.2, 0) is 21.2 Å². The summed E-state index contributed by atoms with van der Waals surface area (Å²) in [6, 6.07) is 8.24. The van der Waals surface area contributed by atoms with Crippen molar-refractivity contribution in [3.8, 4) is 0 Å². The number of hydrogen-bond donors (Lipinski definition) is 0. The molecule has 150 valence electrons. The molecular formula is C21H32N2O3S. The summed E-state index contributed by atoms with van der Waals surface area (Å²) in [6.07, 6.45) is 7.92. The number of likely N-dealkylation sites (tertiary alicyclic amines) is 1. The van der Waals surface area contributed by atoms with Crippen molar-refractivity contribution in [2.75, 3.05) is 25.9 Å². The summed E-state index contributed by atoms with van der Waals surface area (Å²) in [7, 11) is -3.33. The normalized spacial score (nSPS) is 22.7. The van der Waals surface area contributed by atoms with E-state index in [1.54, 1.807) is 0 Å². The van der Waals surface area contributed by atoms with Crippen molar-refractivity contribution in [2.45, 2.75) is 57.9 Å². The zero-order chi connectivity index (χ0) is 19.4. The minimum absolute atomic E-state index is 0.0112. The van der Waals surface area contributed by atoms with E-state index >= 15 is 0 Å². The summed E-state index contributed by atoms with van der Waals surface area (Å²) in [5.74, 6) is 0.657. The lowest BCUT2D eigenvalue weighted by atomic mass is 9.90. The number of benzene rings is 1. The number of carbonyl (C=O) groups is 1. The van der Waals surface area contributed by atoms with Gasteiger partial charge >= 0.3 is 0 Å². The van der Waals surface area contributed by atoms with Gasteiger partial charge in [-0.2, -0.15) is 4.31 Å². The number of amides is 1. The number of aryl methyl sites for hydroxylation is 2. The molecule has 6 heteroatoms. The minimum Gasteiger partial charge on any atom is -0.341 e. The smallest absolute Gasteiger partial charge is 0.241 e. The molecule has 2 aliphatic heterocycles. The molecular weight excluding hydrogens is 360 g/mol. The van der Waals surface area contributed by atoms with E-state index < -0.39 is 16.1 Å². The van der Waals surface area contributed by atoms with Crippen LogP contribution >= 0.6 is 0 Å². The first-order chi connectivity index (χ1) is 12.8. The van der Waals surface area contributed by atoms with Crippen LogP contribution in [0.1, 0.15) is 49.7 Å². The zero-order valence-electron chi connectivity index (χ0n) is 16.6. The van der Waals surface area contributed by atoms with Gasteiger partial charge < -0.3 is 4.90 Å². The number of sulfonamides is 1. The van der Waals surface area contributed by atoms with E-state index in [-0.39, 0.29) is 5.91 Å². The second-order valence-electron chi connectivity index (χ2n) is 8.18. The molecule has 0 N–H and O–H groups in total. The molecule has 2 saturated heterocycles. The Bertz CT molecular complexity index is 737. The van der Waals surface area contributed by atoms with Gasteiger partial charge in [-0.25, -0.2) is 8.42 Å². The molecule has 0 spiro atoms. The van der Waals surface area contributed by atoms with E-state index in [2.05, 4.69) is 31.2 Å². The van der Waals surface area contributed by atoms with Crippen molar-refractivity contribution < 1.29 is 13.2 Å². The van der Waals surface area contributed by atoms with Gasteiger partial charge in [0.2, 0.25) is 15.9 Å². The van der Waals surface area contributed by atoms with Crippen LogP contribution in [0.25, 0.3) is 0 Å². The molecule has 1 aromatic rings. The monoisotopic (exact) mass is 392 g/mol. The highest BCUT2D eigenvalue weighted by molar-refractivity contribution is 7.88. The van der Waals surface area contributed by atoms with Gasteiger partial charge in [-0.15, -0.1) is 0 Å². The maximum atomic E-state index is 12.9. The Labute approximate surface area is 163 Å². The van der Waals surface area contributed by atoms with Crippen molar-refractivity contribution in [1.82, 2.24) is 9.21 Å². The minimum atomic E-state index is -3.33. The molecule has 2 fully saturated rings. The fourth-order valence-corrected chi connectivity index (χ4v) is 5.45. The summed E-state index contributed by atoms with van der Waals surface area (Å²) in [5.41, 5.74) is 2.67. The van der Waals surface area contributed by atoms with Gasteiger partial charge in [0.15, 0.2) is 0 Å². The highest BCUT2D eigenvalue weighted by Crippen LogP contribution is 2.26. The Hall–Kier alpha value is -1.40. The summed E-state index contributed by atoms with van der Waals surface area (Å²) >= 11 is 0. The lowest BCUT2D eigenvalue weighted by molar-refractivity contribution is -0.137. The van der Waals surface area contributed by atoms with E-state index in [0.29, 0.717) is 18.9 Å². The maximum Gasteiger partial charge on any atom is 0.241 e. The van der Waals surface area contributed by atoms with Crippen LogP contribution in [0.2, 0.25) is 0 Å². The molecule has 0 radical (unpaired) electrons. The average Bonchev–Trinajstić information content (AvgIpc) is 2.67. The van der Waals surface area contributed by atoms with E-state index in [1.165, 1.54) is 21.7 Å². The summed E-state index contributed by atoms with van der Waals surface area (Å²) in [6.45, 7) is 4.09. The quantitative estimate of drug-likeness (QED) is 0.774. The Morgan fingerprint density at radius 1 is 1.04 bits per heavy atom. The number of carbonyl (C=O) groups excluding carboxylic acids is 1. The summed E-state index contributed by atoms with van der Waals surface area (Å²) in [4.78, 5) is 14.8. The van der Waals surface area contributed by atoms with E-state index in [1.807, 2.05) is 4.90 Å². The highest BCUT2D eigenvalue weighted by atomic mass is 32.2. The predicted octanol–water partition coefficient (Wildman–Crippen LogP) is 2.98. The van der Waals surface area contributed by atoms with Gasteiger partial charge in [0.25, 0.3) is 0 Å². The third-order valence-electron chi connectivity index (χ3n) is 6.05. The Morgan fingerprint density at radius 3 is 2.33 bits per heavy atom. The number of hydrogen-bond acceptors (Lipinski definition) is 3. The molecule has 27 heavy (non-hydrogen) atoms. The second-order valence-corrected chi connectivity index (χ2v) is 10.1. The standard InChI is InChI=1S/C21H32N2O3S/c1-17-6-8-18(9-7-17)10-11-19-12-15-22(16-13-19)21(24)20-5-3-4-14-23(20)27(2,25)26/h6-9,19-20H,3-5,10-16H2,1-2H3/t20-/m0/s1. The lowest BCUT2D eigenvalue weighted by Gasteiger charge is -2.39. The third-order valence-corrected chi connectivity index (χ3v) is 7.34. The van der Waals surface area contributed by atoms with Crippen LogP contribution in [0.15, 0.2) is 24.3 Å². The molecule has 0 bridgehead atoms. The number of rotatable bonds is 5. The van der Waals surface area contributed by atoms with Crippen LogP contribution < -0.4 is 0 Å². The fraction of sp³-hybridized carbons (Fsp3) is 0.667. The first-order valence-corrected chi connectivity index (χ1v) is 12.0. The molecule has 2 aliphatic rings. The largest absolute Gasteiger partial charge is 0.341 e. The van der Waals surface area contributed by atoms with Crippen LogP contribution in [0.3, 0.4) is 0 Å². The van der Waals surface area contributed by atoms with Crippen molar-refractivity contribution in [2.24, 2.45) is 5.92 Å². The van der Waals surface area contributed by atoms with Crippen LogP contribution in [-0.4, -0.2) is 55.5 Å². The number of nitrogens with zero attached hydrogens (tertiary/aromatic N) is 2. The summed E-state index contributed by atoms with van der Waals surface area (Å²) < 4.78 is 25.5. The molecule has 0 aromatic heterocycles. The van der Waals surface area contributed by atoms with E-state index in [9.17, 15) is 13.2 Å². The van der Waals surface area contributed by atoms with Gasteiger partial charge in [0.1, 0.15) is 6.04 Å². The van der Waals surface area contributed by atoms with Crippen molar-refractivity contribution >= 4 is 15.9 Å². The number of piperidine rings is 2. The third kappa shape index (κ3) is 5.32. The average molecular weight is 393 g/mol. The van der Waals surface area contributed by atoms with E-state index in [4.69, 9.17) is 0 Å². The molecule has 5 nitrogen and oxygen atoms in total. The highest BCUT2D eigenvalue weighted by Gasteiger charge is 2.37. The van der Waals surface area contributed by atoms with E-state index in [0.717, 1.165) is 51.6 Å². The molecule has 3 rings (SSSR count). The fourth-order valence-electron chi connectivity index (χ4n) is 4.33. The zero-order valence-corrected chi connectivity index (χ0v) is 17.4. The summed E-state index contributed by atoms with van der Waals surface area (Å²) in [5, 5.41) is 0. The first-order valence-electron chi connectivity index (χ1n) is 10.2. The maximum absolute atomic E-state index is 12.9. The van der Waals surface area contributed by atoms with Gasteiger partial charge in [0.05, 0.1) is 6.26 Å². The van der Waals surface area contributed by atoms with Crippen LogP contribution in [0.4, 0.5) is 0 Å². The second kappa shape index (κ2) is 8.74. The van der Waals surface area contributed by atoms with Crippen molar-refractivity contribution in [1.29, 1.82) is 0 Å². The van der Waals surface area contributed by atoms with Gasteiger partial charge in [-0.05, 0) is 56.9 Å². The van der Waals surface area contributed by atoms with Crippen LogP contribution in [0, 0.1) is 12.8 Å². The molecule has 1 aromatic carbocycles. The SMILES string of the molecule is Cc1ccc(CCC2CCN(C(=O)[C@@H]3CCCCN3S(C)(=O)=O)CC2)cc1. The predicted molar refractivity (Wildman–Crippen MR) is 108 cm³/mol. The van der Waals surface area contributed by atoms with Gasteiger partial charge in [-0.3, -0.25) is 4.79 Å². The van der Waals surface area contributed by atoms with Crippen molar-refractivity contribution in [3.63, 3.8) is 0 Å². The topological polar surface area (TPSA) is 57.7 Å². The Balaban J connectivity index is 1.50. The van der Waals surface area contributed by atoms with Crippen molar-refractivity contribution in [3.05, 3.63) is 35.4 Å². The Kier molecular flexibility index (Phi) is 6.58. The van der Waals surface area contributed by atoms with Gasteiger partial charge in [-0.1, -0.05) is 36.2 Å². The lowest BCUT2D eigenvalue weighted by Crippen LogP contribution is -2.54. The molecule has 0 aliphatic carbocycles. The first kappa shape index (κ1) is 20.3. The molecule has 1 atom stereocenters. The van der Waals surface area contributed by atoms with Crippen LogP contribution in [0.5, 0.6) is 0 Å². The molecule has 0 saturated carbocycles. The Morgan fingerprint density at radius 2 is 1.70 bits per heavy atom. The van der Waals surface area contributed by atoms with Gasteiger partial charge in [0, 0.05) is 19.6 Å².